The van der Waals surface area contributed by atoms with Crippen LogP contribution in [0, 0.1) is 11.8 Å². The first-order valence-electron chi connectivity index (χ1n) is 18.3. The van der Waals surface area contributed by atoms with E-state index in [9.17, 15) is 0 Å². The van der Waals surface area contributed by atoms with Gasteiger partial charge >= 0.3 is 0 Å². The number of benzene rings is 2. The highest BCUT2D eigenvalue weighted by Crippen LogP contribution is 2.48. The van der Waals surface area contributed by atoms with Crippen molar-refractivity contribution < 1.29 is 4.74 Å². The van der Waals surface area contributed by atoms with Crippen LogP contribution in [-0.4, -0.2) is 31.0 Å². The van der Waals surface area contributed by atoms with Crippen LogP contribution in [-0.2, 0) is 6.42 Å². The molecule has 1 aliphatic carbocycles. The standard InChI is InChI=1S/C40H50N6O/c1-5-9-25-10-7-11-28(25)39-42-22-33(44-39)26-15-18-35-31(20-26)29(16-13-24(3)4)38-30-17-14-27(21-36(30)47-37(6-2)46(35)38)34-23-43-40(45-34)32-12-8-19-41-32/h14-15,17-18,20-25,28,32,37,41H,5-13,16,19H2,1-4H3,(H,42,44)(H,43,45). The molecule has 5 aromatic rings. The van der Waals surface area contributed by atoms with E-state index in [1.54, 1.807) is 0 Å². The van der Waals surface area contributed by atoms with Crippen molar-refractivity contribution in [3.8, 4) is 39.5 Å². The number of H-pyrrole nitrogens is 2. The molecule has 1 saturated heterocycles. The number of ether oxygens (including phenoxy) is 1. The maximum atomic E-state index is 6.83. The number of fused-ring (bicyclic) bond motifs is 5. The summed E-state index contributed by atoms with van der Waals surface area (Å²) in [6.45, 7) is 10.3. The number of imidazole rings is 2. The third-order valence-electron chi connectivity index (χ3n) is 11.1. The van der Waals surface area contributed by atoms with Crippen molar-refractivity contribution in [2.24, 2.45) is 11.8 Å². The number of hydrogen-bond donors (Lipinski definition) is 3. The molecule has 0 spiro atoms. The van der Waals surface area contributed by atoms with Crippen LogP contribution >= 0.6 is 0 Å². The van der Waals surface area contributed by atoms with Gasteiger partial charge in [-0.25, -0.2) is 9.97 Å². The molecule has 1 saturated carbocycles. The fraction of sp³-hybridized carbons (Fsp3) is 0.500. The molecule has 0 bridgehead atoms. The smallest absolute Gasteiger partial charge is 0.176 e. The molecule has 246 valence electrons. The molecule has 0 amide bonds. The molecule has 3 aliphatic rings. The summed E-state index contributed by atoms with van der Waals surface area (Å²) in [4.78, 5) is 17.1. The van der Waals surface area contributed by atoms with Crippen LogP contribution in [0.3, 0.4) is 0 Å². The van der Waals surface area contributed by atoms with E-state index < -0.39 is 0 Å². The van der Waals surface area contributed by atoms with Gasteiger partial charge in [-0.05, 0) is 86.7 Å². The normalized spacial score (nSPS) is 22.2. The quantitative estimate of drug-likeness (QED) is 0.143. The highest BCUT2D eigenvalue weighted by Gasteiger charge is 2.32. The Kier molecular flexibility index (Phi) is 8.20. The topological polar surface area (TPSA) is 83.5 Å². The second-order valence-electron chi connectivity index (χ2n) is 14.7. The average molecular weight is 631 g/mol. The van der Waals surface area contributed by atoms with E-state index in [1.807, 2.05) is 6.20 Å². The molecule has 8 rings (SSSR count). The third kappa shape index (κ3) is 5.50. The second-order valence-corrected chi connectivity index (χ2v) is 14.7. The maximum absolute atomic E-state index is 6.83. The van der Waals surface area contributed by atoms with Crippen molar-refractivity contribution in [1.29, 1.82) is 0 Å². The first kappa shape index (κ1) is 30.5. The van der Waals surface area contributed by atoms with Crippen molar-refractivity contribution in [2.75, 3.05) is 6.54 Å². The molecule has 3 N–H and O–H groups in total. The largest absolute Gasteiger partial charge is 0.469 e. The minimum atomic E-state index is -0.0643. The summed E-state index contributed by atoms with van der Waals surface area (Å²) in [5, 5.41) is 4.89. The Balaban J connectivity index is 1.20. The first-order chi connectivity index (χ1) is 23.0. The SMILES string of the molecule is CCCC1CCCC1c1ncc(-c2ccc3c(c2)c(CCC(C)C)c2n3C(CC)Oc3cc(-c4cnc(C5CCCN5)[nH]4)ccc3-2)[nH]1. The maximum Gasteiger partial charge on any atom is 0.176 e. The fourth-order valence-electron chi connectivity index (χ4n) is 8.64. The zero-order chi connectivity index (χ0) is 32.1. The molecule has 2 aromatic carbocycles. The van der Waals surface area contributed by atoms with E-state index in [0.29, 0.717) is 17.9 Å². The van der Waals surface area contributed by atoms with E-state index >= 15 is 0 Å². The zero-order valence-electron chi connectivity index (χ0n) is 28.5. The molecular weight excluding hydrogens is 580 g/mol. The Morgan fingerprint density at radius 2 is 1.70 bits per heavy atom. The van der Waals surface area contributed by atoms with Crippen LogP contribution in [0.15, 0.2) is 48.8 Å². The van der Waals surface area contributed by atoms with Gasteiger partial charge in [-0.2, -0.15) is 0 Å². The van der Waals surface area contributed by atoms with Crippen LogP contribution < -0.4 is 10.1 Å². The Morgan fingerprint density at radius 3 is 2.47 bits per heavy atom. The van der Waals surface area contributed by atoms with Crippen LogP contribution in [0.25, 0.3) is 44.7 Å². The Bertz CT molecular complexity index is 1870. The Labute approximate surface area is 279 Å². The van der Waals surface area contributed by atoms with E-state index in [0.717, 1.165) is 66.7 Å². The predicted octanol–water partition coefficient (Wildman–Crippen LogP) is 10.1. The van der Waals surface area contributed by atoms with Gasteiger partial charge in [0.2, 0.25) is 0 Å². The number of aromatic nitrogens is 5. The molecule has 7 heteroatoms. The number of nitrogens with one attached hydrogen (secondary N) is 3. The Hall–Kier alpha value is -3.84. The number of hydrogen-bond acceptors (Lipinski definition) is 4. The van der Waals surface area contributed by atoms with Crippen molar-refractivity contribution in [3.05, 3.63) is 66.0 Å². The van der Waals surface area contributed by atoms with Crippen LogP contribution in [0.2, 0.25) is 0 Å². The summed E-state index contributed by atoms with van der Waals surface area (Å²) in [5.74, 6) is 5.11. The van der Waals surface area contributed by atoms with Gasteiger partial charge < -0.3 is 24.6 Å². The van der Waals surface area contributed by atoms with E-state index in [2.05, 4.69) is 90.1 Å². The van der Waals surface area contributed by atoms with Gasteiger partial charge in [-0.15, -0.1) is 0 Å². The number of aromatic amines is 2. The molecule has 47 heavy (non-hydrogen) atoms. The average Bonchev–Trinajstić information content (AvgIpc) is 3.92. The van der Waals surface area contributed by atoms with Gasteiger partial charge in [0.15, 0.2) is 6.23 Å². The van der Waals surface area contributed by atoms with Crippen molar-refractivity contribution in [3.63, 3.8) is 0 Å². The van der Waals surface area contributed by atoms with Gasteiger partial charge in [0.05, 0.1) is 41.0 Å². The summed E-state index contributed by atoms with van der Waals surface area (Å²) >= 11 is 0. The van der Waals surface area contributed by atoms with Gasteiger partial charge in [0.1, 0.15) is 17.4 Å². The molecule has 3 aromatic heterocycles. The van der Waals surface area contributed by atoms with Crippen molar-refractivity contribution >= 4 is 10.9 Å². The number of nitrogens with zero attached hydrogens (tertiary/aromatic N) is 3. The molecule has 4 atom stereocenters. The van der Waals surface area contributed by atoms with Crippen LogP contribution in [0.5, 0.6) is 5.75 Å². The lowest BCUT2D eigenvalue weighted by Crippen LogP contribution is -2.20. The van der Waals surface area contributed by atoms with Gasteiger partial charge in [-0.3, -0.25) is 0 Å². The van der Waals surface area contributed by atoms with Crippen LogP contribution in [0.4, 0.5) is 0 Å². The third-order valence-corrected chi connectivity index (χ3v) is 11.1. The molecular formula is C40H50N6O. The highest BCUT2D eigenvalue weighted by molar-refractivity contribution is 5.96. The monoisotopic (exact) mass is 630 g/mol. The van der Waals surface area contributed by atoms with Gasteiger partial charge in [0.25, 0.3) is 0 Å². The second kappa shape index (κ2) is 12.6. The lowest BCUT2D eigenvalue weighted by atomic mass is 9.91. The van der Waals surface area contributed by atoms with Crippen molar-refractivity contribution in [2.45, 2.75) is 110 Å². The molecule has 7 nitrogen and oxygen atoms in total. The van der Waals surface area contributed by atoms with E-state index in [1.165, 1.54) is 77.6 Å². The lowest BCUT2D eigenvalue weighted by Gasteiger charge is -2.30. The summed E-state index contributed by atoms with van der Waals surface area (Å²) in [7, 11) is 0. The number of aryl methyl sites for hydroxylation is 1. The van der Waals surface area contributed by atoms with Gasteiger partial charge in [-0.1, -0.05) is 59.1 Å². The summed E-state index contributed by atoms with van der Waals surface area (Å²) < 4.78 is 9.30. The summed E-state index contributed by atoms with van der Waals surface area (Å²) in [6.07, 6.45) is 15.8. The minimum absolute atomic E-state index is 0.0643. The summed E-state index contributed by atoms with van der Waals surface area (Å²) in [5.41, 5.74) is 9.68. The van der Waals surface area contributed by atoms with Gasteiger partial charge in [0, 0.05) is 34.4 Å². The molecule has 0 radical (unpaired) electrons. The van der Waals surface area contributed by atoms with E-state index in [-0.39, 0.29) is 6.23 Å². The highest BCUT2D eigenvalue weighted by atomic mass is 16.5. The first-order valence-corrected chi connectivity index (χ1v) is 18.3. The predicted molar refractivity (Wildman–Crippen MR) is 191 cm³/mol. The lowest BCUT2D eigenvalue weighted by molar-refractivity contribution is 0.127. The molecule has 5 heterocycles. The Morgan fingerprint density at radius 1 is 0.915 bits per heavy atom. The van der Waals surface area contributed by atoms with Crippen LogP contribution in [0.1, 0.15) is 121 Å². The minimum Gasteiger partial charge on any atom is -0.469 e. The summed E-state index contributed by atoms with van der Waals surface area (Å²) in [6, 6.07) is 14.0. The van der Waals surface area contributed by atoms with Crippen molar-refractivity contribution in [1.82, 2.24) is 29.8 Å². The molecule has 2 fully saturated rings. The molecule has 2 aliphatic heterocycles. The molecule has 4 unspecified atom stereocenters. The number of rotatable bonds is 10. The fourth-order valence-corrected chi connectivity index (χ4v) is 8.64. The van der Waals surface area contributed by atoms with E-state index in [4.69, 9.17) is 14.7 Å². The zero-order valence-corrected chi connectivity index (χ0v) is 28.5.